The van der Waals surface area contributed by atoms with E-state index in [0.29, 0.717) is 5.92 Å². The van der Waals surface area contributed by atoms with E-state index >= 15 is 0 Å². The maximum atomic E-state index is 12.0. The standard InChI is InChI=1S/C18H25NO3/c1-3-13(2)16-6-4-5-7-17(16)22-12-18(21)19-15-9-8-14(10-15)11-20/h4-9,13-15,20H,3,10-12H2,1-2H3,(H,19,21)/t13?,14-,15+/m0/s1. The van der Waals surface area contributed by atoms with Crippen molar-refractivity contribution in [1.29, 1.82) is 0 Å². The van der Waals surface area contributed by atoms with Gasteiger partial charge in [-0.15, -0.1) is 0 Å². The van der Waals surface area contributed by atoms with Gasteiger partial charge in [-0.25, -0.2) is 0 Å². The van der Waals surface area contributed by atoms with Crippen LogP contribution in [0.4, 0.5) is 0 Å². The van der Waals surface area contributed by atoms with Crippen molar-refractivity contribution in [3.05, 3.63) is 42.0 Å². The summed E-state index contributed by atoms with van der Waals surface area (Å²) in [6.07, 6.45) is 5.67. The molecule has 0 fully saturated rings. The van der Waals surface area contributed by atoms with Crippen LogP contribution in [0, 0.1) is 5.92 Å². The molecule has 0 bridgehead atoms. The number of carbonyl (C=O) groups excluding carboxylic acids is 1. The van der Waals surface area contributed by atoms with E-state index < -0.39 is 0 Å². The van der Waals surface area contributed by atoms with Crippen LogP contribution in [-0.2, 0) is 4.79 Å². The molecule has 4 nitrogen and oxygen atoms in total. The van der Waals surface area contributed by atoms with E-state index in [9.17, 15) is 4.79 Å². The first kappa shape index (κ1) is 16.6. The summed E-state index contributed by atoms with van der Waals surface area (Å²) in [5.41, 5.74) is 1.14. The van der Waals surface area contributed by atoms with Gasteiger partial charge in [-0.3, -0.25) is 4.79 Å². The second kappa shape index (κ2) is 7.99. The van der Waals surface area contributed by atoms with Gasteiger partial charge < -0.3 is 15.2 Å². The van der Waals surface area contributed by atoms with Crippen LogP contribution < -0.4 is 10.1 Å². The van der Waals surface area contributed by atoms with Gasteiger partial charge in [0, 0.05) is 18.6 Å². The minimum absolute atomic E-state index is 0.00180. The van der Waals surface area contributed by atoms with Crippen LogP contribution in [-0.4, -0.2) is 30.3 Å². The zero-order valence-electron chi connectivity index (χ0n) is 13.3. The van der Waals surface area contributed by atoms with Crippen molar-refractivity contribution in [2.75, 3.05) is 13.2 Å². The first-order valence-corrected chi connectivity index (χ1v) is 7.94. The Balaban J connectivity index is 1.85. The van der Waals surface area contributed by atoms with Crippen molar-refractivity contribution in [3.63, 3.8) is 0 Å². The maximum Gasteiger partial charge on any atom is 0.258 e. The molecule has 1 aliphatic carbocycles. The number of para-hydroxylation sites is 1. The molecule has 0 radical (unpaired) electrons. The predicted molar refractivity (Wildman–Crippen MR) is 86.9 cm³/mol. The highest BCUT2D eigenvalue weighted by Gasteiger charge is 2.20. The number of rotatable bonds is 7. The topological polar surface area (TPSA) is 58.6 Å². The van der Waals surface area contributed by atoms with E-state index in [1.807, 2.05) is 36.4 Å². The molecule has 0 spiro atoms. The van der Waals surface area contributed by atoms with Gasteiger partial charge in [0.1, 0.15) is 5.75 Å². The molecule has 2 N–H and O–H groups in total. The molecule has 3 atom stereocenters. The summed E-state index contributed by atoms with van der Waals surface area (Å²) >= 11 is 0. The van der Waals surface area contributed by atoms with E-state index in [-0.39, 0.29) is 31.1 Å². The molecule has 0 aromatic heterocycles. The van der Waals surface area contributed by atoms with Crippen LogP contribution >= 0.6 is 0 Å². The normalized spacial score (nSPS) is 21.6. The van der Waals surface area contributed by atoms with Crippen LogP contribution in [0.2, 0.25) is 0 Å². The lowest BCUT2D eigenvalue weighted by Gasteiger charge is -2.17. The Morgan fingerprint density at radius 1 is 1.41 bits per heavy atom. The minimum Gasteiger partial charge on any atom is -0.483 e. The fourth-order valence-electron chi connectivity index (χ4n) is 2.65. The van der Waals surface area contributed by atoms with E-state index in [1.54, 1.807) is 0 Å². The van der Waals surface area contributed by atoms with E-state index in [1.165, 1.54) is 0 Å². The molecule has 1 aromatic rings. The van der Waals surface area contributed by atoms with Gasteiger partial charge in [0.25, 0.3) is 5.91 Å². The summed E-state index contributed by atoms with van der Waals surface area (Å²) in [6.45, 7) is 4.43. The molecule has 120 valence electrons. The zero-order valence-corrected chi connectivity index (χ0v) is 13.3. The SMILES string of the molecule is CCC(C)c1ccccc1OCC(=O)N[C@@H]1C=C[C@H](CO)C1. The number of hydrogen-bond donors (Lipinski definition) is 2. The third-order valence-corrected chi connectivity index (χ3v) is 4.17. The smallest absolute Gasteiger partial charge is 0.258 e. The van der Waals surface area contributed by atoms with E-state index in [2.05, 4.69) is 19.2 Å². The first-order valence-electron chi connectivity index (χ1n) is 7.94. The molecule has 0 saturated heterocycles. The molecular formula is C18H25NO3. The van der Waals surface area contributed by atoms with Crippen molar-refractivity contribution >= 4 is 5.91 Å². The Bertz CT molecular complexity index is 527. The molecule has 1 aliphatic rings. The van der Waals surface area contributed by atoms with Crippen LogP contribution in [0.25, 0.3) is 0 Å². The zero-order chi connectivity index (χ0) is 15.9. The number of ether oxygens (including phenoxy) is 1. The lowest BCUT2D eigenvalue weighted by molar-refractivity contribution is -0.123. The average molecular weight is 303 g/mol. The van der Waals surface area contributed by atoms with Crippen molar-refractivity contribution < 1.29 is 14.6 Å². The van der Waals surface area contributed by atoms with E-state index in [4.69, 9.17) is 9.84 Å². The van der Waals surface area contributed by atoms with Gasteiger partial charge in [0.2, 0.25) is 0 Å². The highest BCUT2D eigenvalue weighted by Crippen LogP contribution is 2.28. The molecule has 1 aromatic carbocycles. The second-order valence-corrected chi connectivity index (χ2v) is 5.87. The average Bonchev–Trinajstić information content (AvgIpc) is 3.00. The summed E-state index contributed by atoms with van der Waals surface area (Å²) < 4.78 is 5.70. The van der Waals surface area contributed by atoms with Crippen molar-refractivity contribution in [1.82, 2.24) is 5.32 Å². The van der Waals surface area contributed by atoms with Gasteiger partial charge in [-0.1, -0.05) is 44.2 Å². The monoisotopic (exact) mass is 303 g/mol. The van der Waals surface area contributed by atoms with Gasteiger partial charge in [-0.05, 0) is 30.4 Å². The van der Waals surface area contributed by atoms with Crippen LogP contribution in [0.15, 0.2) is 36.4 Å². The second-order valence-electron chi connectivity index (χ2n) is 5.87. The van der Waals surface area contributed by atoms with Crippen molar-refractivity contribution in [2.24, 2.45) is 5.92 Å². The molecule has 0 saturated carbocycles. The fourth-order valence-corrected chi connectivity index (χ4v) is 2.65. The van der Waals surface area contributed by atoms with Crippen molar-refractivity contribution in [2.45, 2.75) is 38.6 Å². The summed E-state index contributed by atoms with van der Waals surface area (Å²) in [5, 5.41) is 12.0. The number of hydrogen-bond acceptors (Lipinski definition) is 3. The Kier molecular flexibility index (Phi) is 6.01. The molecular weight excluding hydrogens is 278 g/mol. The third kappa shape index (κ3) is 4.34. The van der Waals surface area contributed by atoms with Gasteiger partial charge in [0.15, 0.2) is 6.61 Å². The minimum atomic E-state index is -0.132. The summed E-state index contributed by atoms with van der Waals surface area (Å²) in [4.78, 5) is 12.0. The number of amides is 1. The summed E-state index contributed by atoms with van der Waals surface area (Å²) in [5.74, 6) is 1.20. The molecule has 0 aliphatic heterocycles. The number of aliphatic hydroxyl groups excluding tert-OH is 1. The maximum absolute atomic E-state index is 12.0. The molecule has 1 amide bonds. The van der Waals surface area contributed by atoms with Crippen molar-refractivity contribution in [3.8, 4) is 5.75 Å². The van der Waals surface area contributed by atoms with Gasteiger partial charge >= 0.3 is 0 Å². The van der Waals surface area contributed by atoms with Crippen LogP contribution in [0.1, 0.15) is 38.2 Å². The third-order valence-electron chi connectivity index (χ3n) is 4.17. The fraction of sp³-hybridized carbons (Fsp3) is 0.500. The Labute approximate surface area is 132 Å². The number of aliphatic hydroxyl groups is 1. The molecule has 0 heterocycles. The molecule has 4 heteroatoms. The van der Waals surface area contributed by atoms with Gasteiger partial charge in [0.05, 0.1) is 0 Å². The summed E-state index contributed by atoms with van der Waals surface area (Å²) in [7, 11) is 0. The van der Waals surface area contributed by atoms with Crippen LogP contribution in [0.5, 0.6) is 5.75 Å². The number of benzene rings is 1. The Morgan fingerprint density at radius 3 is 2.86 bits per heavy atom. The van der Waals surface area contributed by atoms with E-state index in [0.717, 1.165) is 24.2 Å². The Morgan fingerprint density at radius 2 is 2.18 bits per heavy atom. The lowest BCUT2D eigenvalue weighted by Crippen LogP contribution is -2.36. The van der Waals surface area contributed by atoms with Gasteiger partial charge in [-0.2, -0.15) is 0 Å². The highest BCUT2D eigenvalue weighted by atomic mass is 16.5. The predicted octanol–water partition coefficient (Wildman–Crippen LogP) is 2.63. The largest absolute Gasteiger partial charge is 0.483 e. The van der Waals surface area contributed by atoms with Crippen LogP contribution in [0.3, 0.4) is 0 Å². The quantitative estimate of drug-likeness (QED) is 0.761. The number of nitrogens with one attached hydrogen (secondary N) is 1. The molecule has 2 rings (SSSR count). The highest BCUT2D eigenvalue weighted by molar-refractivity contribution is 5.78. The molecule has 22 heavy (non-hydrogen) atoms. The Hall–Kier alpha value is -1.81. The summed E-state index contributed by atoms with van der Waals surface area (Å²) in [6, 6.07) is 7.87. The lowest BCUT2D eigenvalue weighted by atomic mass is 9.98. The first-order chi connectivity index (χ1) is 10.6. The molecule has 1 unspecified atom stereocenters. The number of carbonyl (C=O) groups is 1.